The van der Waals surface area contributed by atoms with Crippen LogP contribution in [0, 0.1) is 0 Å². The minimum Gasteiger partial charge on any atom is -0.352 e. The third-order valence-electron chi connectivity index (χ3n) is 2.58. The van der Waals surface area contributed by atoms with Gasteiger partial charge in [0.05, 0.1) is 6.04 Å². The predicted octanol–water partition coefficient (Wildman–Crippen LogP) is 2.20. The van der Waals surface area contributed by atoms with Gasteiger partial charge in [-0.15, -0.1) is 0 Å². The van der Waals surface area contributed by atoms with Crippen LogP contribution < -0.4 is 11.1 Å². The molecule has 3 N–H and O–H groups in total. The molecule has 0 aliphatic carbocycles. The van der Waals surface area contributed by atoms with Crippen molar-refractivity contribution in [1.82, 2.24) is 5.32 Å². The number of hydrogen-bond acceptors (Lipinski definition) is 2. The topological polar surface area (TPSA) is 55.1 Å². The van der Waals surface area contributed by atoms with Gasteiger partial charge < -0.3 is 11.1 Å². The van der Waals surface area contributed by atoms with Crippen molar-refractivity contribution in [3.63, 3.8) is 0 Å². The molecule has 2 unspecified atom stereocenters. The Morgan fingerprint density at radius 3 is 2.27 bits per heavy atom. The van der Waals surface area contributed by atoms with Gasteiger partial charge in [-0.25, -0.2) is 0 Å². The highest BCUT2D eigenvalue weighted by Gasteiger charge is 2.14. The molecule has 0 aromatic heterocycles. The fraction of sp³-hybridized carbons (Fsp3) is 0.917. The van der Waals surface area contributed by atoms with Crippen molar-refractivity contribution in [2.75, 3.05) is 0 Å². The van der Waals surface area contributed by atoms with Gasteiger partial charge in [-0.3, -0.25) is 4.79 Å². The van der Waals surface area contributed by atoms with E-state index in [1.165, 1.54) is 6.42 Å². The van der Waals surface area contributed by atoms with E-state index in [1.54, 1.807) is 0 Å². The molecule has 0 aliphatic heterocycles. The predicted molar refractivity (Wildman–Crippen MR) is 64.6 cm³/mol. The maximum Gasteiger partial charge on any atom is 0.237 e. The summed E-state index contributed by atoms with van der Waals surface area (Å²) in [4.78, 5) is 11.6. The van der Waals surface area contributed by atoms with Crippen molar-refractivity contribution in [2.45, 2.75) is 71.4 Å². The third kappa shape index (κ3) is 7.37. The van der Waals surface area contributed by atoms with Crippen molar-refractivity contribution >= 4 is 5.91 Å². The zero-order chi connectivity index (χ0) is 11.7. The van der Waals surface area contributed by atoms with Gasteiger partial charge in [0.1, 0.15) is 0 Å². The van der Waals surface area contributed by atoms with Crippen molar-refractivity contribution in [2.24, 2.45) is 5.73 Å². The lowest BCUT2D eigenvalue weighted by Gasteiger charge is -2.17. The van der Waals surface area contributed by atoms with Crippen LogP contribution in [0.15, 0.2) is 0 Å². The molecule has 0 heterocycles. The van der Waals surface area contributed by atoms with Gasteiger partial charge in [-0.1, -0.05) is 39.5 Å². The van der Waals surface area contributed by atoms with Crippen LogP contribution >= 0.6 is 0 Å². The van der Waals surface area contributed by atoms with Crippen LogP contribution in [0.25, 0.3) is 0 Å². The summed E-state index contributed by atoms with van der Waals surface area (Å²) in [6, 6.07) is -0.0702. The molecule has 0 aliphatic rings. The quantitative estimate of drug-likeness (QED) is 0.651. The zero-order valence-corrected chi connectivity index (χ0v) is 10.4. The lowest BCUT2D eigenvalue weighted by atomic mass is 10.1. The molecule has 0 aromatic rings. The number of nitrogens with one attached hydrogen (secondary N) is 1. The van der Waals surface area contributed by atoms with E-state index >= 15 is 0 Å². The molecule has 0 spiro atoms. The molecule has 0 rings (SSSR count). The van der Waals surface area contributed by atoms with Gasteiger partial charge >= 0.3 is 0 Å². The molecular weight excluding hydrogens is 188 g/mol. The van der Waals surface area contributed by atoms with Crippen LogP contribution in [0.2, 0.25) is 0 Å². The van der Waals surface area contributed by atoms with E-state index in [4.69, 9.17) is 5.73 Å². The standard InChI is InChI=1S/C12H26N2O/c1-4-6-8-10(3)14-12(15)11(13)9-7-5-2/h10-11H,4-9,13H2,1-3H3,(H,14,15). The second-order valence-electron chi connectivity index (χ2n) is 4.30. The Bertz CT molecular complexity index is 171. The second kappa shape index (κ2) is 8.72. The van der Waals surface area contributed by atoms with Gasteiger partial charge in [0, 0.05) is 6.04 Å². The molecule has 0 fully saturated rings. The normalized spacial score (nSPS) is 14.7. The Hall–Kier alpha value is -0.570. The number of carbonyl (C=O) groups excluding carboxylic acids is 1. The Labute approximate surface area is 93.8 Å². The molecule has 0 saturated heterocycles. The fourth-order valence-corrected chi connectivity index (χ4v) is 1.49. The molecule has 0 bridgehead atoms. The molecule has 2 atom stereocenters. The van der Waals surface area contributed by atoms with Crippen LogP contribution in [0.4, 0.5) is 0 Å². The Balaban J connectivity index is 3.70. The lowest BCUT2D eigenvalue weighted by Crippen LogP contribution is -2.44. The fourth-order valence-electron chi connectivity index (χ4n) is 1.49. The molecule has 3 heteroatoms. The Morgan fingerprint density at radius 1 is 1.20 bits per heavy atom. The summed E-state index contributed by atoms with van der Waals surface area (Å²) < 4.78 is 0. The Kier molecular flexibility index (Phi) is 8.38. The third-order valence-corrected chi connectivity index (χ3v) is 2.58. The number of amides is 1. The van der Waals surface area contributed by atoms with E-state index in [1.807, 2.05) is 6.92 Å². The molecule has 0 aromatic carbocycles. The molecule has 1 amide bonds. The minimum atomic E-state index is -0.325. The summed E-state index contributed by atoms with van der Waals surface area (Å²) in [5, 5.41) is 2.96. The zero-order valence-electron chi connectivity index (χ0n) is 10.4. The van der Waals surface area contributed by atoms with Crippen LogP contribution in [-0.4, -0.2) is 18.0 Å². The highest BCUT2D eigenvalue weighted by Crippen LogP contribution is 2.02. The first kappa shape index (κ1) is 14.4. The summed E-state index contributed by atoms with van der Waals surface area (Å²) >= 11 is 0. The van der Waals surface area contributed by atoms with E-state index in [2.05, 4.69) is 19.2 Å². The first-order valence-electron chi connectivity index (χ1n) is 6.17. The monoisotopic (exact) mass is 214 g/mol. The second-order valence-corrected chi connectivity index (χ2v) is 4.30. The highest BCUT2D eigenvalue weighted by molar-refractivity contribution is 5.81. The lowest BCUT2D eigenvalue weighted by molar-refractivity contribution is -0.123. The van der Waals surface area contributed by atoms with Crippen molar-refractivity contribution in [3.05, 3.63) is 0 Å². The summed E-state index contributed by atoms with van der Waals surface area (Å²) in [5.41, 5.74) is 5.77. The average molecular weight is 214 g/mol. The first-order chi connectivity index (χ1) is 7.11. The number of hydrogen-bond donors (Lipinski definition) is 2. The summed E-state index contributed by atoms with van der Waals surface area (Å²) in [6.45, 7) is 6.30. The summed E-state index contributed by atoms with van der Waals surface area (Å²) in [5.74, 6) is 0.00653. The van der Waals surface area contributed by atoms with Crippen LogP contribution in [0.3, 0.4) is 0 Å². The van der Waals surface area contributed by atoms with Crippen molar-refractivity contribution in [1.29, 1.82) is 0 Å². The maximum atomic E-state index is 11.6. The number of rotatable bonds is 8. The highest BCUT2D eigenvalue weighted by atomic mass is 16.2. The minimum absolute atomic E-state index is 0.00653. The van der Waals surface area contributed by atoms with Gasteiger partial charge in [-0.2, -0.15) is 0 Å². The summed E-state index contributed by atoms with van der Waals surface area (Å²) in [7, 11) is 0. The van der Waals surface area contributed by atoms with E-state index in [-0.39, 0.29) is 18.0 Å². The smallest absolute Gasteiger partial charge is 0.237 e. The molecular formula is C12H26N2O. The van der Waals surface area contributed by atoms with E-state index in [0.717, 1.165) is 32.1 Å². The van der Waals surface area contributed by atoms with E-state index in [9.17, 15) is 4.79 Å². The molecule has 3 nitrogen and oxygen atoms in total. The number of carbonyl (C=O) groups is 1. The van der Waals surface area contributed by atoms with Gasteiger partial charge in [0.25, 0.3) is 0 Å². The van der Waals surface area contributed by atoms with Crippen molar-refractivity contribution in [3.8, 4) is 0 Å². The van der Waals surface area contributed by atoms with E-state index in [0.29, 0.717) is 0 Å². The SMILES string of the molecule is CCCCC(C)NC(=O)C(N)CCCC. The molecule has 90 valence electrons. The van der Waals surface area contributed by atoms with Crippen LogP contribution in [0.1, 0.15) is 59.3 Å². The van der Waals surface area contributed by atoms with Gasteiger partial charge in [0.2, 0.25) is 5.91 Å². The van der Waals surface area contributed by atoms with E-state index < -0.39 is 0 Å². The first-order valence-corrected chi connectivity index (χ1v) is 6.17. The molecule has 0 radical (unpaired) electrons. The van der Waals surface area contributed by atoms with Crippen molar-refractivity contribution < 1.29 is 4.79 Å². The van der Waals surface area contributed by atoms with Crippen LogP contribution in [0.5, 0.6) is 0 Å². The van der Waals surface area contributed by atoms with Crippen LogP contribution in [-0.2, 0) is 4.79 Å². The van der Waals surface area contributed by atoms with Gasteiger partial charge in [0.15, 0.2) is 0 Å². The number of unbranched alkanes of at least 4 members (excludes halogenated alkanes) is 2. The molecule has 15 heavy (non-hydrogen) atoms. The summed E-state index contributed by atoms with van der Waals surface area (Å²) in [6.07, 6.45) is 6.28. The largest absolute Gasteiger partial charge is 0.352 e. The Morgan fingerprint density at radius 2 is 1.73 bits per heavy atom. The maximum absolute atomic E-state index is 11.6. The average Bonchev–Trinajstić information content (AvgIpc) is 2.22. The number of nitrogens with two attached hydrogens (primary N) is 1. The molecule has 0 saturated carbocycles. The van der Waals surface area contributed by atoms with Gasteiger partial charge in [-0.05, 0) is 19.8 Å².